The Labute approximate surface area is 182 Å². The zero-order valence-electron chi connectivity index (χ0n) is 16.0. The lowest BCUT2D eigenvalue weighted by Crippen LogP contribution is -2.42. The van der Waals surface area contributed by atoms with Gasteiger partial charge in [0.15, 0.2) is 5.96 Å². The quantitative estimate of drug-likeness (QED) is 0.383. The molecule has 1 aliphatic carbocycles. The molecule has 0 atom stereocenters. The molecule has 1 saturated heterocycles. The van der Waals surface area contributed by atoms with Crippen LogP contribution >= 0.6 is 24.0 Å². The molecule has 28 heavy (non-hydrogen) atoms. The Kier molecular flexibility index (Phi) is 6.74. The summed E-state index contributed by atoms with van der Waals surface area (Å²) in [7, 11) is 1.84. The maximum absolute atomic E-state index is 13.0. The van der Waals surface area contributed by atoms with Gasteiger partial charge in [-0.2, -0.15) is 0 Å². The smallest absolute Gasteiger partial charge is 0.219 e. The number of nitrogens with zero attached hydrogens (tertiary/aromatic N) is 3. The van der Waals surface area contributed by atoms with Crippen molar-refractivity contribution in [2.45, 2.75) is 32.2 Å². The molecule has 0 bridgehead atoms. The first-order valence-corrected chi connectivity index (χ1v) is 9.50. The maximum Gasteiger partial charge on any atom is 0.219 e. The molecule has 2 aliphatic rings. The highest BCUT2D eigenvalue weighted by Crippen LogP contribution is 2.47. The lowest BCUT2D eigenvalue weighted by Gasteiger charge is -2.38. The van der Waals surface area contributed by atoms with E-state index >= 15 is 0 Å². The molecule has 1 saturated carbocycles. The fourth-order valence-corrected chi connectivity index (χ4v) is 3.95. The third kappa shape index (κ3) is 4.74. The Hall–Kier alpha value is -1.90. The SMILES string of the molecule is CN=C(NCc1ccnc(Oc2ccc(F)cc2)c1)N1CCC2(CCC2)C1.I. The molecular formula is C21H26FIN4O. The number of benzene rings is 1. The Morgan fingerprint density at radius 2 is 2.04 bits per heavy atom. The summed E-state index contributed by atoms with van der Waals surface area (Å²) >= 11 is 0. The van der Waals surface area contributed by atoms with Gasteiger partial charge in [-0.05, 0) is 60.6 Å². The van der Waals surface area contributed by atoms with Crippen molar-refractivity contribution in [1.82, 2.24) is 15.2 Å². The topological polar surface area (TPSA) is 49.8 Å². The van der Waals surface area contributed by atoms with E-state index in [9.17, 15) is 4.39 Å². The van der Waals surface area contributed by atoms with Crippen LogP contribution < -0.4 is 10.1 Å². The number of hydrogen-bond acceptors (Lipinski definition) is 3. The van der Waals surface area contributed by atoms with Gasteiger partial charge in [0.1, 0.15) is 11.6 Å². The van der Waals surface area contributed by atoms with E-state index in [1.165, 1.54) is 37.8 Å². The van der Waals surface area contributed by atoms with Crippen molar-refractivity contribution in [3.63, 3.8) is 0 Å². The molecule has 2 aromatic rings. The molecule has 0 unspecified atom stereocenters. The molecule has 2 fully saturated rings. The third-order valence-electron chi connectivity index (χ3n) is 5.65. The van der Waals surface area contributed by atoms with Crippen molar-refractivity contribution in [2.24, 2.45) is 10.4 Å². The van der Waals surface area contributed by atoms with Crippen LogP contribution in [0.4, 0.5) is 4.39 Å². The van der Waals surface area contributed by atoms with E-state index in [0.29, 0.717) is 23.6 Å². The van der Waals surface area contributed by atoms with Crippen LogP contribution in [-0.4, -0.2) is 36.0 Å². The molecule has 1 spiro atoms. The molecule has 5 nitrogen and oxygen atoms in total. The van der Waals surface area contributed by atoms with Crippen LogP contribution in [-0.2, 0) is 6.54 Å². The van der Waals surface area contributed by atoms with Gasteiger partial charge in [0.05, 0.1) is 0 Å². The summed E-state index contributed by atoms with van der Waals surface area (Å²) in [5.41, 5.74) is 1.60. The first kappa shape index (κ1) is 20.8. The number of likely N-dealkylation sites (tertiary alicyclic amines) is 1. The summed E-state index contributed by atoms with van der Waals surface area (Å²) in [5, 5.41) is 3.46. The Balaban J connectivity index is 0.00000225. The lowest BCUT2D eigenvalue weighted by molar-refractivity contribution is 0.151. The van der Waals surface area contributed by atoms with Crippen molar-refractivity contribution < 1.29 is 9.13 Å². The van der Waals surface area contributed by atoms with Gasteiger partial charge < -0.3 is 15.0 Å². The van der Waals surface area contributed by atoms with E-state index in [4.69, 9.17) is 4.74 Å². The molecule has 0 amide bonds. The molecule has 150 valence electrons. The Morgan fingerprint density at radius 1 is 1.25 bits per heavy atom. The van der Waals surface area contributed by atoms with Crippen LogP contribution in [0.25, 0.3) is 0 Å². The van der Waals surface area contributed by atoms with Crippen LogP contribution in [0.5, 0.6) is 11.6 Å². The van der Waals surface area contributed by atoms with Gasteiger partial charge in [0.25, 0.3) is 0 Å². The number of guanidine groups is 1. The summed E-state index contributed by atoms with van der Waals surface area (Å²) in [6.07, 6.45) is 7.08. The van der Waals surface area contributed by atoms with E-state index in [1.54, 1.807) is 18.3 Å². The highest BCUT2D eigenvalue weighted by molar-refractivity contribution is 14.0. The van der Waals surface area contributed by atoms with Gasteiger partial charge in [-0.15, -0.1) is 24.0 Å². The summed E-state index contributed by atoms with van der Waals surface area (Å²) in [6, 6.07) is 9.77. The van der Waals surface area contributed by atoms with Crippen molar-refractivity contribution >= 4 is 29.9 Å². The van der Waals surface area contributed by atoms with Gasteiger partial charge in [-0.1, -0.05) is 6.42 Å². The van der Waals surface area contributed by atoms with E-state index in [1.807, 2.05) is 19.2 Å². The number of ether oxygens (including phenoxy) is 1. The van der Waals surface area contributed by atoms with Crippen molar-refractivity contribution in [3.8, 4) is 11.6 Å². The fourth-order valence-electron chi connectivity index (χ4n) is 3.95. The van der Waals surface area contributed by atoms with Crippen LogP contribution in [0.3, 0.4) is 0 Å². The van der Waals surface area contributed by atoms with E-state index in [0.717, 1.165) is 24.6 Å². The van der Waals surface area contributed by atoms with Crippen molar-refractivity contribution in [1.29, 1.82) is 0 Å². The zero-order valence-corrected chi connectivity index (χ0v) is 18.4. The first-order chi connectivity index (χ1) is 13.2. The summed E-state index contributed by atoms with van der Waals surface area (Å²) in [5.74, 6) is 1.72. The number of nitrogens with one attached hydrogen (secondary N) is 1. The molecule has 4 rings (SSSR count). The number of rotatable bonds is 4. The number of aromatic nitrogens is 1. The lowest BCUT2D eigenvalue weighted by atomic mass is 9.68. The van der Waals surface area contributed by atoms with Crippen LogP contribution in [0.15, 0.2) is 47.6 Å². The van der Waals surface area contributed by atoms with Gasteiger partial charge in [-0.3, -0.25) is 4.99 Å². The average molecular weight is 496 g/mol. The monoisotopic (exact) mass is 496 g/mol. The molecule has 1 N–H and O–H groups in total. The summed E-state index contributed by atoms with van der Waals surface area (Å²) in [6.45, 7) is 2.84. The van der Waals surface area contributed by atoms with E-state index in [-0.39, 0.29) is 29.8 Å². The molecule has 1 aromatic heterocycles. The molecule has 7 heteroatoms. The standard InChI is InChI=1S/C21H25FN4O.HI/c1-23-20(26-12-10-21(15-26)8-2-9-21)25-14-16-7-11-24-19(13-16)27-18-5-3-17(22)4-6-18;/h3-7,11,13H,2,8-10,12,14-15H2,1H3,(H,23,25);1H. The molecule has 2 heterocycles. The second-order valence-corrected chi connectivity index (χ2v) is 7.48. The van der Waals surface area contributed by atoms with E-state index < -0.39 is 0 Å². The van der Waals surface area contributed by atoms with E-state index in [2.05, 4.69) is 20.2 Å². The van der Waals surface area contributed by atoms with Gasteiger partial charge in [0.2, 0.25) is 5.88 Å². The number of hydrogen-bond donors (Lipinski definition) is 1. The highest BCUT2D eigenvalue weighted by atomic mass is 127. The fraction of sp³-hybridized carbons (Fsp3) is 0.429. The van der Waals surface area contributed by atoms with Gasteiger partial charge >= 0.3 is 0 Å². The van der Waals surface area contributed by atoms with Crippen LogP contribution in [0, 0.1) is 11.2 Å². The van der Waals surface area contributed by atoms with Gasteiger partial charge in [-0.25, -0.2) is 9.37 Å². The summed E-state index contributed by atoms with van der Waals surface area (Å²) < 4.78 is 18.7. The second kappa shape index (κ2) is 9.07. The van der Waals surface area contributed by atoms with Gasteiger partial charge in [0, 0.05) is 38.9 Å². The minimum absolute atomic E-state index is 0. The number of halogens is 2. The highest BCUT2D eigenvalue weighted by Gasteiger charge is 2.43. The van der Waals surface area contributed by atoms with Crippen LogP contribution in [0.2, 0.25) is 0 Å². The predicted molar refractivity (Wildman–Crippen MR) is 119 cm³/mol. The largest absolute Gasteiger partial charge is 0.439 e. The van der Waals surface area contributed by atoms with Crippen molar-refractivity contribution in [3.05, 3.63) is 54.0 Å². The average Bonchev–Trinajstić information content (AvgIpc) is 3.11. The predicted octanol–water partition coefficient (Wildman–Crippen LogP) is 4.58. The third-order valence-corrected chi connectivity index (χ3v) is 5.65. The minimum Gasteiger partial charge on any atom is -0.439 e. The molecular weight excluding hydrogens is 470 g/mol. The Morgan fingerprint density at radius 3 is 2.68 bits per heavy atom. The molecule has 1 aliphatic heterocycles. The number of pyridine rings is 1. The second-order valence-electron chi connectivity index (χ2n) is 7.48. The minimum atomic E-state index is -0.287. The maximum atomic E-state index is 13.0. The molecule has 0 radical (unpaired) electrons. The normalized spacial score (nSPS) is 17.8. The zero-order chi connectivity index (χ0) is 18.7. The summed E-state index contributed by atoms with van der Waals surface area (Å²) in [4.78, 5) is 11.1. The van der Waals surface area contributed by atoms with Crippen LogP contribution in [0.1, 0.15) is 31.2 Å². The molecule has 1 aromatic carbocycles. The first-order valence-electron chi connectivity index (χ1n) is 9.50. The number of aliphatic imine (C=N–C) groups is 1. The van der Waals surface area contributed by atoms with Crippen molar-refractivity contribution in [2.75, 3.05) is 20.1 Å². The Bertz CT molecular complexity index is 823.